The van der Waals surface area contributed by atoms with Crippen LogP contribution in [0.1, 0.15) is 10.4 Å². The summed E-state index contributed by atoms with van der Waals surface area (Å²) in [7, 11) is 3.03. The quantitative estimate of drug-likeness (QED) is 0.138. The van der Waals surface area contributed by atoms with Crippen LogP contribution in [0.4, 0.5) is 11.5 Å². The van der Waals surface area contributed by atoms with Gasteiger partial charge in [0, 0.05) is 51.3 Å². The predicted molar refractivity (Wildman–Crippen MR) is 165 cm³/mol. The van der Waals surface area contributed by atoms with Crippen molar-refractivity contribution in [1.82, 2.24) is 19.1 Å². The van der Waals surface area contributed by atoms with E-state index in [2.05, 4.69) is 20.2 Å². The molecule has 0 saturated carbocycles. The second kappa shape index (κ2) is 13.3. The molecule has 4 heterocycles. The van der Waals surface area contributed by atoms with E-state index >= 15 is 0 Å². The Kier molecular flexibility index (Phi) is 9.46. The Hall–Kier alpha value is -4.08. The second-order valence-corrected chi connectivity index (χ2v) is 10.8. The number of carbonyl (C=O) groups is 1. The van der Waals surface area contributed by atoms with Gasteiger partial charge in [0.05, 0.1) is 53.0 Å². The van der Waals surface area contributed by atoms with Crippen molar-refractivity contribution in [3.05, 3.63) is 56.6 Å². The molecule has 4 aromatic rings. The third kappa shape index (κ3) is 6.39. The number of nitrogens with zero attached hydrogens (tertiary/aromatic N) is 5. The Balaban J connectivity index is 1.55. The number of hydrogen-bond donors (Lipinski definition) is 4. The zero-order valence-corrected chi connectivity index (χ0v) is 25.4. The van der Waals surface area contributed by atoms with E-state index in [0.717, 1.165) is 0 Å². The minimum Gasteiger partial charge on any atom is -0.506 e. The Morgan fingerprint density at radius 2 is 1.95 bits per heavy atom. The van der Waals surface area contributed by atoms with Gasteiger partial charge in [0.25, 0.3) is 11.5 Å². The first-order valence-electron chi connectivity index (χ1n) is 13.6. The van der Waals surface area contributed by atoms with Crippen molar-refractivity contribution in [3.63, 3.8) is 0 Å². The SMILES string of the molecule is COCCOc1nc2c(c(-c3cc(Cl)c(O)c(C(N)=O)c3)cn2CC(O)Nc2cc(N3CCOCC3)ncc2Cl)c(=O)n1C. The second-order valence-electron chi connectivity index (χ2n) is 9.99. The summed E-state index contributed by atoms with van der Waals surface area (Å²) in [5, 5.41) is 24.8. The molecule has 5 N–H and O–H groups in total. The summed E-state index contributed by atoms with van der Waals surface area (Å²) in [5.74, 6) is -0.699. The van der Waals surface area contributed by atoms with E-state index in [9.17, 15) is 19.8 Å². The van der Waals surface area contributed by atoms with Crippen LogP contribution < -0.4 is 26.2 Å². The molecule has 0 radical (unpaired) electrons. The molecule has 1 aliphatic heterocycles. The van der Waals surface area contributed by atoms with Gasteiger partial charge in [-0.1, -0.05) is 23.2 Å². The van der Waals surface area contributed by atoms with E-state index in [-0.39, 0.29) is 47.4 Å². The molecule has 1 atom stereocenters. The highest BCUT2D eigenvalue weighted by molar-refractivity contribution is 6.33. The minimum absolute atomic E-state index is 0.0294. The highest BCUT2D eigenvalue weighted by Gasteiger charge is 2.23. The van der Waals surface area contributed by atoms with Crippen LogP contribution in [0, 0.1) is 0 Å². The number of hydrogen-bond acceptors (Lipinski definition) is 11. The molecule has 5 rings (SSSR count). The molecule has 44 heavy (non-hydrogen) atoms. The lowest BCUT2D eigenvalue weighted by Gasteiger charge is -2.28. The summed E-state index contributed by atoms with van der Waals surface area (Å²) >= 11 is 12.6. The van der Waals surface area contributed by atoms with Crippen LogP contribution in [0.3, 0.4) is 0 Å². The fraction of sp³-hybridized carbons (Fsp3) is 0.357. The lowest BCUT2D eigenvalue weighted by molar-refractivity contribution is 0.0997. The Morgan fingerprint density at radius 3 is 2.66 bits per heavy atom. The maximum atomic E-state index is 13.7. The molecule has 14 nitrogen and oxygen atoms in total. The van der Waals surface area contributed by atoms with Gasteiger partial charge in [-0.15, -0.1) is 0 Å². The fourth-order valence-electron chi connectivity index (χ4n) is 4.86. The van der Waals surface area contributed by atoms with Gasteiger partial charge in [-0.05, 0) is 17.7 Å². The summed E-state index contributed by atoms with van der Waals surface area (Å²) in [6.45, 7) is 2.82. The number of methoxy groups -OCH3 is 1. The third-order valence-electron chi connectivity index (χ3n) is 7.08. The van der Waals surface area contributed by atoms with E-state index in [0.29, 0.717) is 54.0 Å². The first kappa shape index (κ1) is 31.3. The van der Waals surface area contributed by atoms with Crippen molar-refractivity contribution in [1.29, 1.82) is 0 Å². The van der Waals surface area contributed by atoms with Gasteiger partial charge >= 0.3 is 6.01 Å². The summed E-state index contributed by atoms with van der Waals surface area (Å²) in [6.07, 6.45) is 1.89. The number of primary amides is 1. The summed E-state index contributed by atoms with van der Waals surface area (Å²) in [5.41, 5.74) is 6.08. The number of morpholine rings is 1. The van der Waals surface area contributed by atoms with Gasteiger partial charge in [0.1, 0.15) is 24.4 Å². The smallest absolute Gasteiger partial charge is 0.301 e. The van der Waals surface area contributed by atoms with E-state index in [4.69, 9.17) is 43.1 Å². The average molecular weight is 649 g/mol. The van der Waals surface area contributed by atoms with Crippen LogP contribution in [0.2, 0.25) is 10.0 Å². The Bertz CT molecular complexity index is 1750. The standard InChI is InChI=1S/C28H31Cl2N7O7/c1-35-27(41)23-17(15-9-16(25(31)40)24(39)18(29)10-15)13-37(26(23)34-28(35)44-8-7-42-2)14-22(38)33-20-11-21(32-12-19(20)30)36-3-5-43-6-4-36/h9-13,22,38-39H,3-8,14H2,1-2H3,(H2,31,40)(H,32,33). The van der Waals surface area contributed by atoms with Crippen LogP contribution >= 0.6 is 23.2 Å². The molecule has 0 aliphatic carbocycles. The number of phenols is 1. The number of aromatic nitrogens is 4. The molecular weight excluding hydrogens is 617 g/mol. The largest absolute Gasteiger partial charge is 0.506 e. The van der Waals surface area contributed by atoms with Gasteiger partial charge in [-0.3, -0.25) is 14.2 Å². The predicted octanol–water partition coefficient (Wildman–Crippen LogP) is 2.20. The van der Waals surface area contributed by atoms with E-state index in [1.807, 2.05) is 0 Å². The number of halogens is 2. The first-order chi connectivity index (χ1) is 21.1. The number of rotatable bonds is 11. The van der Waals surface area contributed by atoms with Crippen molar-refractivity contribution in [2.75, 3.05) is 56.8 Å². The summed E-state index contributed by atoms with van der Waals surface area (Å²) < 4.78 is 19.0. The van der Waals surface area contributed by atoms with Gasteiger partial charge < -0.3 is 44.9 Å². The first-order valence-corrected chi connectivity index (χ1v) is 14.3. The Labute approximate surface area is 261 Å². The summed E-state index contributed by atoms with van der Waals surface area (Å²) in [4.78, 5) is 36.7. The normalized spacial score (nSPS) is 14.2. The minimum atomic E-state index is -1.20. The van der Waals surface area contributed by atoms with Crippen molar-refractivity contribution in [3.8, 4) is 22.9 Å². The van der Waals surface area contributed by atoms with Gasteiger partial charge in [-0.25, -0.2) is 4.98 Å². The molecule has 3 aromatic heterocycles. The molecule has 1 aliphatic rings. The average Bonchev–Trinajstić information content (AvgIpc) is 3.36. The van der Waals surface area contributed by atoms with Crippen molar-refractivity contribution >= 4 is 51.6 Å². The highest BCUT2D eigenvalue weighted by atomic mass is 35.5. The van der Waals surface area contributed by atoms with Gasteiger partial charge in [0.15, 0.2) is 5.65 Å². The molecule has 16 heteroatoms. The van der Waals surface area contributed by atoms with Gasteiger partial charge in [-0.2, -0.15) is 4.98 Å². The number of nitrogens with two attached hydrogens (primary N) is 1. The highest BCUT2D eigenvalue weighted by Crippen LogP contribution is 2.36. The number of aliphatic hydroxyl groups excluding tert-OH is 1. The van der Waals surface area contributed by atoms with E-state index in [1.54, 1.807) is 16.8 Å². The molecule has 234 valence electrons. The molecule has 1 amide bonds. The zero-order chi connectivity index (χ0) is 31.5. The van der Waals surface area contributed by atoms with Crippen LogP contribution in [0.5, 0.6) is 11.8 Å². The van der Waals surface area contributed by atoms with E-state index < -0.39 is 23.4 Å². The number of ether oxygens (including phenoxy) is 3. The van der Waals surface area contributed by atoms with Crippen LogP contribution in [-0.4, -0.2) is 88.1 Å². The number of benzene rings is 1. The Morgan fingerprint density at radius 1 is 1.20 bits per heavy atom. The number of aliphatic hydroxyl groups is 1. The van der Waals surface area contributed by atoms with Crippen LogP contribution in [-0.2, 0) is 23.1 Å². The molecule has 0 bridgehead atoms. The lowest BCUT2D eigenvalue weighted by atomic mass is 10.0. The molecular formula is C28H31Cl2N7O7. The zero-order valence-electron chi connectivity index (χ0n) is 23.9. The summed E-state index contributed by atoms with van der Waals surface area (Å²) in [6, 6.07) is 4.52. The van der Waals surface area contributed by atoms with Crippen LogP contribution in [0.15, 0.2) is 35.4 Å². The molecule has 0 spiro atoms. The lowest BCUT2D eigenvalue weighted by Crippen LogP contribution is -2.36. The van der Waals surface area contributed by atoms with E-state index in [1.165, 1.54) is 37.1 Å². The number of anilines is 2. The number of fused-ring (bicyclic) bond motifs is 1. The molecule has 1 aromatic carbocycles. The molecule has 1 fully saturated rings. The topological polar surface area (TPSA) is 179 Å². The maximum Gasteiger partial charge on any atom is 0.301 e. The number of nitrogens with one attached hydrogen (secondary N) is 1. The van der Waals surface area contributed by atoms with Crippen molar-refractivity contribution in [2.45, 2.75) is 12.8 Å². The fourth-order valence-corrected chi connectivity index (χ4v) is 5.23. The van der Waals surface area contributed by atoms with Gasteiger partial charge in [0.2, 0.25) is 0 Å². The molecule has 1 unspecified atom stereocenters. The number of amides is 1. The number of carbonyl (C=O) groups excluding carboxylic acids is 1. The number of pyridine rings is 1. The van der Waals surface area contributed by atoms with Crippen molar-refractivity contribution in [2.24, 2.45) is 12.8 Å². The maximum absolute atomic E-state index is 13.7. The van der Waals surface area contributed by atoms with Crippen LogP contribution in [0.25, 0.3) is 22.2 Å². The monoisotopic (exact) mass is 647 g/mol. The molecule has 1 saturated heterocycles. The number of aromatic hydroxyl groups is 1. The third-order valence-corrected chi connectivity index (χ3v) is 7.67. The van der Waals surface area contributed by atoms with Crippen molar-refractivity contribution < 1.29 is 29.2 Å².